The zero-order valence-electron chi connectivity index (χ0n) is 14.9. The third-order valence-corrected chi connectivity index (χ3v) is 4.68. The summed E-state index contributed by atoms with van der Waals surface area (Å²) in [5.74, 6) is 0.169. The monoisotopic (exact) mass is 356 g/mol. The number of hydrazine groups is 1. The topological polar surface area (TPSA) is 86.7 Å². The molecule has 1 aromatic heterocycles. The number of hydrogen-bond acceptors (Lipinski definition) is 6. The van der Waals surface area contributed by atoms with Crippen LogP contribution in [0.2, 0.25) is 0 Å². The van der Waals surface area contributed by atoms with Crippen molar-refractivity contribution >= 4 is 5.91 Å². The molecule has 0 spiro atoms. The number of methoxy groups -OCH3 is 1. The van der Waals surface area contributed by atoms with E-state index >= 15 is 0 Å². The Morgan fingerprint density at radius 1 is 1.31 bits per heavy atom. The Kier molecular flexibility index (Phi) is 5.82. The molecule has 2 heterocycles. The molecule has 0 saturated carbocycles. The van der Waals surface area contributed by atoms with Crippen molar-refractivity contribution in [2.45, 2.75) is 24.5 Å². The molecule has 1 aliphatic rings. The van der Waals surface area contributed by atoms with Crippen LogP contribution >= 0.6 is 0 Å². The molecule has 26 heavy (non-hydrogen) atoms. The summed E-state index contributed by atoms with van der Waals surface area (Å²) in [6, 6.07) is 12.0. The minimum Gasteiger partial charge on any atom is -0.508 e. The largest absolute Gasteiger partial charge is 0.508 e. The summed E-state index contributed by atoms with van der Waals surface area (Å²) in [7, 11) is 3.37. The average molecular weight is 356 g/mol. The van der Waals surface area contributed by atoms with Crippen LogP contribution in [0.5, 0.6) is 5.75 Å². The molecule has 3 rings (SSSR count). The van der Waals surface area contributed by atoms with Crippen molar-refractivity contribution in [1.29, 1.82) is 0 Å². The van der Waals surface area contributed by atoms with Gasteiger partial charge >= 0.3 is 0 Å². The second kappa shape index (κ2) is 8.27. The second-order valence-electron chi connectivity index (χ2n) is 6.36. The first-order valence-corrected chi connectivity index (χ1v) is 8.57. The number of phenolic OH excluding ortho intramolecular Hbond substituents is 1. The normalized spacial score (nSPS) is 20.7. The van der Waals surface area contributed by atoms with Crippen LogP contribution in [-0.2, 0) is 9.53 Å². The summed E-state index contributed by atoms with van der Waals surface area (Å²) >= 11 is 0. The Morgan fingerprint density at radius 2 is 2.08 bits per heavy atom. The van der Waals surface area contributed by atoms with Crippen molar-refractivity contribution < 1.29 is 14.6 Å². The van der Waals surface area contributed by atoms with E-state index in [0.717, 1.165) is 11.3 Å². The van der Waals surface area contributed by atoms with Crippen molar-refractivity contribution in [2.24, 2.45) is 0 Å². The number of amides is 1. The van der Waals surface area contributed by atoms with Crippen LogP contribution in [0.25, 0.3) is 0 Å². The van der Waals surface area contributed by atoms with Gasteiger partial charge in [-0.25, -0.2) is 10.9 Å². The van der Waals surface area contributed by atoms with Gasteiger partial charge in [0, 0.05) is 25.9 Å². The standard InChI is InChI=1S/C19H24N4O3/c1-23(17(12-26-2)14-8-5-6-10-20-14)19(25)16-11-15(21-22-16)13-7-3-4-9-18(13)24/h3-10,15-17,21-22,24H,11-12H2,1-2H3. The van der Waals surface area contributed by atoms with Crippen LogP contribution in [0.15, 0.2) is 48.7 Å². The highest BCUT2D eigenvalue weighted by Crippen LogP contribution is 2.30. The Morgan fingerprint density at radius 3 is 2.77 bits per heavy atom. The summed E-state index contributed by atoms with van der Waals surface area (Å²) in [5, 5.41) is 10.0. The highest BCUT2D eigenvalue weighted by molar-refractivity contribution is 5.82. The predicted molar refractivity (Wildman–Crippen MR) is 97.1 cm³/mol. The molecule has 3 N–H and O–H groups in total. The summed E-state index contributed by atoms with van der Waals surface area (Å²) in [6.07, 6.45) is 2.25. The fourth-order valence-electron chi connectivity index (χ4n) is 3.23. The number of carbonyl (C=O) groups is 1. The van der Waals surface area contributed by atoms with Gasteiger partial charge in [-0.05, 0) is 24.6 Å². The molecule has 1 saturated heterocycles. The number of likely N-dealkylation sites (N-methyl/N-ethyl adjacent to an activating group) is 1. The Hall–Kier alpha value is -2.48. The molecule has 1 aliphatic heterocycles. The van der Waals surface area contributed by atoms with Gasteiger partial charge in [-0.3, -0.25) is 9.78 Å². The molecule has 7 nitrogen and oxygen atoms in total. The number of pyridine rings is 1. The second-order valence-corrected chi connectivity index (χ2v) is 6.36. The molecule has 1 fully saturated rings. The molecule has 138 valence electrons. The van der Waals surface area contributed by atoms with Crippen LogP contribution in [0.4, 0.5) is 0 Å². The van der Waals surface area contributed by atoms with Crippen molar-refractivity contribution in [3.8, 4) is 5.75 Å². The van der Waals surface area contributed by atoms with Gasteiger partial charge in [0.2, 0.25) is 5.91 Å². The van der Waals surface area contributed by atoms with E-state index in [1.807, 2.05) is 30.3 Å². The van der Waals surface area contributed by atoms with Gasteiger partial charge in [-0.1, -0.05) is 24.3 Å². The third-order valence-electron chi connectivity index (χ3n) is 4.68. The number of rotatable bonds is 6. The van der Waals surface area contributed by atoms with Gasteiger partial charge < -0.3 is 14.7 Å². The van der Waals surface area contributed by atoms with Gasteiger partial charge in [0.05, 0.1) is 24.4 Å². The molecule has 2 aromatic rings. The maximum atomic E-state index is 13.0. The lowest BCUT2D eigenvalue weighted by molar-refractivity contribution is -0.135. The number of ether oxygens (including phenoxy) is 1. The number of aromatic hydroxyl groups is 1. The van der Waals surface area contributed by atoms with Crippen molar-refractivity contribution in [3.05, 3.63) is 59.9 Å². The Labute approximate surface area is 153 Å². The summed E-state index contributed by atoms with van der Waals surface area (Å²) in [4.78, 5) is 19.0. The van der Waals surface area contributed by atoms with Gasteiger partial charge in [-0.2, -0.15) is 0 Å². The first-order valence-electron chi connectivity index (χ1n) is 8.57. The summed E-state index contributed by atoms with van der Waals surface area (Å²) < 4.78 is 5.30. The van der Waals surface area contributed by atoms with Crippen LogP contribution in [0.3, 0.4) is 0 Å². The number of nitrogens with one attached hydrogen (secondary N) is 2. The van der Waals surface area contributed by atoms with Crippen molar-refractivity contribution in [3.63, 3.8) is 0 Å². The molecule has 1 amide bonds. The van der Waals surface area contributed by atoms with Crippen molar-refractivity contribution in [2.75, 3.05) is 20.8 Å². The number of para-hydroxylation sites is 1. The Balaban J connectivity index is 1.71. The number of nitrogens with zero attached hydrogens (tertiary/aromatic N) is 2. The smallest absolute Gasteiger partial charge is 0.241 e. The third kappa shape index (κ3) is 3.85. The zero-order valence-corrected chi connectivity index (χ0v) is 14.9. The molecular formula is C19H24N4O3. The highest BCUT2D eigenvalue weighted by atomic mass is 16.5. The van der Waals surface area contributed by atoms with Crippen LogP contribution in [-0.4, -0.2) is 47.7 Å². The highest BCUT2D eigenvalue weighted by Gasteiger charge is 2.35. The quantitative estimate of drug-likeness (QED) is 0.728. The minimum atomic E-state index is -0.396. The molecular weight excluding hydrogens is 332 g/mol. The molecule has 7 heteroatoms. The molecule has 3 unspecified atom stereocenters. The van der Waals surface area contributed by atoms with Gasteiger partial charge in [0.15, 0.2) is 0 Å². The van der Waals surface area contributed by atoms with Crippen LogP contribution < -0.4 is 10.9 Å². The molecule has 3 atom stereocenters. The van der Waals surface area contributed by atoms with E-state index in [-0.39, 0.29) is 23.7 Å². The first kappa shape index (κ1) is 18.3. The van der Waals surface area contributed by atoms with E-state index in [0.29, 0.717) is 13.0 Å². The van der Waals surface area contributed by atoms with Crippen LogP contribution in [0.1, 0.15) is 29.8 Å². The SMILES string of the molecule is COCC(c1ccccn1)N(C)C(=O)C1CC(c2ccccc2O)NN1. The van der Waals surface area contributed by atoms with Gasteiger partial charge in [-0.15, -0.1) is 0 Å². The number of hydrogen-bond donors (Lipinski definition) is 3. The van der Waals surface area contributed by atoms with E-state index in [1.54, 1.807) is 37.4 Å². The molecule has 1 aromatic carbocycles. The van der Waals surface area contributed by atoms with E-state index in [9.17, 15) is 9.90 Å². The Bertz CT molecular complexity index is 741. The van der Waals surface area contributed by atoms with E-state index in [4.69, 9.17) is 4.74 Å². The number of phenols is 1. The van der Waals surface area contributed by atoms with Gasteiger partial charge in [0.1, 0.15) is 11.8 Å². The molecule has 0 bridgehead atoms. The molecule has 0 radical (unpaired) electrons. The summed E-state index contributed by atoms with van der Waals surface area (Å²) in [5.41, 5.74) is 7.71. The van der Waals surface area contributed by atoms with Gasteiger partial charge in [0.25, 0.3) is 0 Å². The maximum absolute atomic E-state index is 13.0. The lowest BCUT2D eigenvalue weighted by atomic mass is 10.00. The maximum Gasteiger partial charge on any atom is 0.241 e. The lowest BCUT2D eigenvalue weighted by Crippen LogP contribution is -2.46. The average Bonchev–Trinajstić information content (AvgIpc) is 3.16. The minimum absolute atomic E-state index is 0.0527. The fraction of sp³-hybridized carbons (Fsp3) is 0.368. The van der Waals surface area contributed by atoms with E-state index in [2.05, 4.69) is 15.8 Å². The first-order chi connectivity index (χ1) is 12.6. The molecule has 0 aliphatic carbocycles. The van der Waals surface area contributed by atoms with Crippen molar-refractivity contribution in [1.82, 2.24) is 20.7 Å². The lowest BCUT2D eigenvalue weighted by Gasteiger charge is -2.29. The van der Waals surface area contributed by atoms with Crippen LogP contribution in [0, 0.1) is 0 Å². The number of aromatic nitrogens is 1. The fourth-order valence-corrected chi connectivity index (χ4v) is 3.23. The van der Waals surface area contributed by atoms with E-state index in [1.165, 1.54) is 0 Å². The predicted octanol–water partition coefficient (Wildman–Crippen LogP) is 1.54. The number of carbonyl (C=O) groups excluding carboxylic acids is 1. The zero-order chi connectivity index (χ0) is 18.5. The number of benzene rings is 1. The van der Waals surface area contributed by atoms with E-state index < -0.39 is 6.04 Å². The summed E-state index contributed by atoms with van der Waals surface area (Å²) in [6.45, 7) is 0.363.